The van der Waals surface area contributed by atoms with Crippen molar-refractivity contribution < 1.29 is 44.8 Å². The van der Waals surface area contributed by atoms with E-state index in [1.807, 2.05) is 12.2 Å². The van der Waals surface area contributed by atoms with E-state index in [4.69, 9.17) is 0 Å². The Balaban J connectivity index is 0.000000618. The molecule has 0 N–H and O–H groups in total. The minimum Gasteiger partial charge on any atom is -1.00 e. The Morgan fingerprint density at radius 2 is 1.59 bits per heavy atom. The van der Waals surface area contributed by atoms with Crippen molar-refractivity contribution in [1.29, 1.82) is 0 Å². The molecular weight excluding hydrogens is 467 g/mol. The second kappa shape index (κ2) is 15.8. The third-order valence-corrected chi connectivity index (χ3v) is 6.67. The monoisotopic (exact) mass is 502 g/mol. The van der Waals surface area contributed by atoms with Crippen LogP contribution in [0.3, 0.4) is 0 Å². The first kappa shape index (κ1) is 31.1. The van der Waals surface area contributed by atoms with Gasteiger partial charge in [-0.3, -0.25) is 6.08 Å². The first-order valence-electron chi connectivity index (χ1n) is 11.3. The van der Waals surface area contributed by atoms with Gasteiger partial charge in [0.15, 0.2) is 0 Å². The van der Waals surface area contributed by atoms with Crippen molar-refractivity contribution in [2.24, 2.45) is 0 Å². The normalized spacial score (nSPS) is 12.1. The Morgan fingerprint density at radius 3 is 2.03 bits per heavy atom. The smallest absolute Gasteiger partial charge is 0.109 e. The van der Waals surface area contributed by atoms with Crippen LogP contribution in [-0.2, 0) is 26.4 Å². The molecule has 2 aliphatic carbocycles. The molecule has 0 aromatic heterocycles. The Bertz CT molecular complexity index is 836. The van der Waals surface area contributed by atoms with Crippen LogP contribution < -0.4 is 24.8 Å². The van der Waals surface area contributed by atoms with Crippen molar-refractivity contribution in [2.75, 3.05) is 0 Å². The number of fused-ring (bicyclic) bond motifs is 3. The summed E-state index contributed by atoms with van der Waals surface area (Å²) in [5, 5.41) is 0. The van der Waals surface area contributed by atoms with Crippen LogP contribution in [0, 0.1) is 12.1 Å². The number of hydrogen-bond donors (Lipinski definition) is 0. The van der Waals surface area contributed by atoms with E-state index >= 15 is 0 Å². The van der Waals surface area contributed by atoms with Gasteiger partial charge in [0, 0.05) is 0 Å². The molecule has 0 heterocycles. The predicted octanol–water partition coefficient (Wildman–Crippen LogP) is 2.14. The Kier molecular flexibility index (Phi) is 15.4. The molecule has 0 atom stereocenters. The zero-order chi connectivity index (χ0) is 22.1. The maximum atomic E-state index is 3.62. The maximum absolute atomic E-state index is 3.62. The van der Waals surface area contributed by atoms with Gasteiger partial charge in [0.25, 0.3) is 0 Å². The molecule has 0 saturated carbocycles. The Labute approximate surface area is 220 Å². The molecule has 0 nitrogen and oxygen atoms in total. The van der Waals surface area contributed by atoms with Crippen LogP contribution in [0.5, 0.6) is 0 Å². The van der Waals surface area contributed by atoms with Crippen LogP contribution in [0.4, 0.5) is 0 Å². The molecule has 2 aromatic carbocycles. The number of benzene rings is 2. The molecule has 0 amide bonds. The quantitative estimate of drug-likeness (QED) is 0.378. The topological polar surface area (TPSA) is 0 Å². The van der Waals surface area contributed by atoms with Crippen molar-refractivity contribution in [3.8, 4) is 11.1 Å². The van der Waals surface area contributed by atoms with Crippen molar-refractivity contribution >= 4 is 3.81 Å². The summed E-state index contributed by atoms with van der Waals surface area (Å²) in [5.74, 6) is 1.16. The molecule has 0 unspecified atom stereocenters. The molecule has 0 radical (unpaired) electrons. The summed E-state index contributed by atoms with van der Waals surface area (Å²) in [4.78, 5) is 0. The molecule has 32 heavy (non-hydrogen) atoms. The number of halogens is 2. The summed E-state index contributed by atoms with van der Waals surface area (Å²) >= 11 is 2.19. The molecule has 0 spiro atoms. The zero-order valence-corrected chi connectivity index (χ0v) is 23.4. The van der Waals surface area contributed by atoms with Crippen molar-refractivity contribution in [3.63, 3.8) is 0 Å². The van der Waals surface area contributed by atoms with Crippen LogP contribution in [0.15, 0.2) is 48.6 Å². The van der Waals surface area contributed by atoms with Gasteiger partial charge in [0.1, 0.15) is 0 Å². The second-order valence-electron chi connectivity index (χ2n) is 8.52. The minimum atomic E-state index is 0. The van der Waals surface area contributed by atoms with Gasteiger partial charge in [-0.05, 0) is 29.4 Å². The summed E-state index contributed by atoms with van der Waals surface area (Å²) in [6, 6.07) is 15.1. The van der Waals surface area contributed by atoms with Gasteiger partial charge < -0.3 is 24.8 Å². The van der Waals surface area contributed by atoms with Crippen LogP contribution in [0.25, 0.3) is 11.1 Å². The molecule has 4 rings (SSSR count). The van der Waals surface area contributed by atoms with E-state index in [9.17, 15) is 0 Å². The molecule has 172 valence electrons. The van der Waals surface area contributed by atoms with Crippen LogP contribution in [-0.4, -0.2) is 3.81 Å². The van der Waals surface area contributed by atoms with E-state index in [0.29, 0.717) is 11.8 Å². The molecule has 0 fully saturated rings. The molecule has 0 bridgehead atoms. The summed E-state index contributed by atoms with van der Waals surface area (Å²) in [6.45, 7) is 13.4. The van der Waals surface area contributed by atoms with Crippen LogP contribution in [0.2, 0.25) is 0 Å². The molecular formula is C29H36Cl2Ti-2. The van der Waals surface area contributed by atoms with E-state index < -0.39 is 0 Å². The average molecular weight is 503 g/mol. The predicted molar refractivity (Wildman–Crippen MR) is 129 cm³/mol. The van der Waals surface area contributed by atoms with Gasteiger partial charge in [0.05, 0.1) is 0 Å². The Hall–Kier alpha value is -0.916. The van der Waals surface area contributed by atoms with E-state index in [2.05, 4.69) is 110 Å². The summed E-state index contributed by atoms with van der Waals surface area (Å²) in [7, 11) is 0. The third kappa shape index (κ3) is 9.14. The van der Waals surface area contributed by atoms with E-state index in [-0.39, 0.29) is 24.8 Å². The first-order valence-corrected chi connectivity index (χ1v) is 12.1. The van der Waals surface area contributed by atoms with Crippen molar-refractivity contribution in [1.82, 2.24) is 0 Å². The van der Waals surface area contributed by atoms with Gasteiger partial charge in [-0.15, -0.1) is 17.5 Å². The molecule has 2 aliphatic rings. The number of allylic oxidation sites excluding steroid dienone is 4. The standard InChI is InChI=1S/C19H21.C5H5.C5H10.2ClH.Ti/c1-12(2)14-5-7-18-16(9-14)11-17-10-15(13(3)4)6-8-19(17)18;1-2-4-5-3-1;1-3-5-4-2;;;/h5-9,12-13H,11H2,1-4H3;1-3H,4H2;3-4H2,1-2H3;2*1H;/q2*-1;;;;+2/p-2. The minimum absolute atomic E-state index is 0. The zero-order valence-electron chi connectivity index (χ0n) is 20.4. The second-order valence-corrected chi connectivity index (χ2v) is 9.63. The van der Waals surface area contributed by atoms with Gasteiger partial charge in [-0.1, -0.05) is 51.5 Å². The molecule has 2 aromatic rings. The van der Waals surface area contributed by atoms with Gasteiger partial charge >= 0.3 is 50.5 Å². The van der Waals surface area contributed by atoms with Crippen LogP contribution >= 0.6 is 0 Å². The average Bonchev–Trinajstić information content (AvgIpc) is 3.43. The van der Waals surface area contributed by atoms with E-state index in [1.54, 1.807) is 3.81 Å². The Morgan fingerprint density at radius 1 is 0.938 bits per heavy atom. The number of rotatable bonds is 4. The van der Waals surface area contributed by atoms with Crippen molar-refractivity contribution in [3.05, 3.63) is 83.0 Å². The third-order valence-electron chi connectivity index (χ3n) is 5.56. The van der Waals surface area contributed by atoms with Gasteiger partial charge in [-0.2, -0.15) is 29.8 Å². The van der Waals surface area contributed by atoms with E-state index in [1.165, 1.54) is 46.2 Å². The fraction of sp³-hybridized carbons (Fsp3) is 0.414. The molecule has 0 aliphatic heterocycles. The maximum Gasteiger partial charge on any atom is -0.109 e. The SMILES string of the molecule is CC(C)c1[c-]c2c(cc1)-c1ccc(C(C)C)cc1C2.CC[C](=[Ti+2])CC.[C-]1=CC=CC1.[Cl-].[Cl-]. The summed E-state index contributed by atoms with van der Waals surface area (Å²) in [6.07, 6.45) is 13.5. The number of hydrogen-bond acceptors (Lipinski definition) is 0. The summed E-state index contributed by atoms with van der Waals surface area (Å²) in [5.41, 5.74) is 8.41. The molecule has 0 saturated heterocycles. The van der Waals surface area contributed by atoms with Crippen LogP contribution in [0.1, 0.15) is 94.9 Å². The fourth-order valence-corrected chi connectivity index (χ4v) is 3.45. The fourth-order valence-electron chi connectivity index (χ4n) is 3.45. The summed E-state index contributed by atoms with van der Waals surface area (Å²) < 4.78 is 1.59. The van der Waals surface area contributed by atoms with Crippen molar-refractivity contribution in [2.45, 2.75) is 79.1 Å². The van der Waals surface area contributed by atoms with Gasteiger partial charge in [0.2, 0.25) is 0 Å². The first-order chi connectivity index (χ1) is 14.4. The van der Waals surface area contributed by atoms with E-state index in [0.717, 1.165) is 12.8 Å². The van der Waals surface area contributed by atoms with Gasteiger partial charge in [-0.25, -0.2) is 12.2 Å². The largest absolute Gasteiger partial charge is 1.00 e. The molecule has 3 heteroatoms.